The van der Waals surface area contributed by atoms with Crippen LogP contribution in [-0.2, 0) is 28.7 Å². The maximum atomic E-state index is 12.8. The molecule has 1 amide bonds. The third-order valence-electron chi connectivity index (χ3n) is 5.21. The zero-order chi connectivity index (χ0) is 23.8. The quantitative estimate of drug-likeness (QED) is 0.220. The molecule has 32 heavy (non-hydrogen) atoms. The first-order valence-electron chi connectivity index (χ1n) is 10.4. The molecule has 1 aliphatic heterocycles. The molecule has 0 radical (unpaired) electrons. The maximum Gasteiger partial charge on any atom is 0.328 e. The highest BCUT2D eigenvalue weighted by atomic mass is 35.5. The Balaban J connectivity index is 1.96. The lowest BCUT2D eigenvalue weighted by molar-refractivity contribution is -0.181. The summed E-state index contributed by atoms with van der Waals surface area (Å²) in [6.07, 6.45) is 0.777. The van der Waals surface area contributed by atoms with Crippen LogP contribution >= 0.6 is 23.4 Å². The Labute approximate surface area is 196 Å². The van der Waals surface area contributed by atoms with Crippen molar-refractivity contribution < 1.29 is 33.8 Å². The van der Waals surface area contributed by atoms with Gasteiger partial charge in [-0.15, -0.1) is 0 Å². The van der Waals surface area contributed by atoms with Crippen molar-refractivity contribution in [1.29, 1.82) is 0 Å². The van der Waals surface area contributed by atoms with Gasteiger partial charge in [-0.3, -0.25) is 19.2 Å². The average molecular weight is 486 g/mol. The number of halogens is 1. The first-order chi connectivity index (χ1) is 15.1. The van der Waals surface area contributed by atoms with Crippen LogP contribution in [-0.4, -0.2) is 58.5 Å². The molecule has 0 spiro atoms. The first-order valence-corrected chi connectivity index (χ1v) is 11.6. The van der Waals surface area contributed by atoms with E-state index < -0.39 is 55.2 Å². The summed E-state index contributed by atoms with van der Waals surface area (Å²) >= 11 is 6.88. The molecule has 10 heteroatoms. The number of likely N-dealkylation sites (tertiary alicyclic amines) is 1. The summed E-state index contributed by atoms with van der Waals surface area (Å²) < 4.78 is 9.73. The van der Waals surface area contributed by atoms with Crippen molar-refractivity contribution >= 4 is 46.3 Å². The van der Waals surface area contributed by atoms with Gasteiger partial charge in [0.2, 0.25) is 12.7 Å². The Kier molecular flexibility index (Phi) is 9.99. The normalized spacial score (nSPS) is 19.7. The Morgan fingerprint density at radius 3 is 2.38 bits per heavy atom. The number of esters is 2. The van der Waals surface area contributed by atoms with Crippen molar-refractivity contribution in [2.75, 3.05) is 13.3 Å². The number of unbranched alkanes of at least 4 members (excludes halogenated alkanes) is 1. The van der Waals surface area contributed by atoms with Crippen LogP contribution in [0.2, 0.25) is 5.02 Å². The summed E-state index contributed by atoms with van der Waals surface area (Å²) in [6.45, 7) is 4.14. The highest BCUT2D eigenvalue weighted by Crippen LogP contribution is 2.37. The lowest BCUT2D eigenvalue weighted by atomic mass is 9.77. The molecule has 4 atom stereocenters. The van der Waals surface area contributed by atoms with Crippen LogP contribution in [0.1, 0.15) is 40.0 Å². The molecule has 0 aliphatic carbocycles. The highest BCUT2D eigenvalue weighted by molar-refractivity contribution is 8.13. The minimum Gasteiger partial charge on any atom is -0.428 e. The van der Waals surface area contributed by atoms with E-state index in [0.717, 1.165) is 18.2 Å². The highest BCUT2D eigenvalue weighted by Gasteiger charge is 2.54. The number of carbonyl (C=O) groups is 4. The number of nitrogens with zero attached hydrogens (tertiary/aromatic N) is 1. The van der Waals surface area contributed by atoms with Gasteiger partial charge in [-0.1, -0.05) is 43.6 Å². The van der Waals surface area contributed by atoms with E-state index in [0.29, 0.717) is 16.3 Å². The number of amides is 1. The van der Waals surface area contributed by atoms with Gasteiger partial charge in [0.1, 0.15) is 6.54 Å². The van der Waals surface area contributed by atoms with Crippen LogP contribution in [0.3, 0.4) is 0 Å². The standard InChI is InChI=1S/C22H28ClNO7S/c1-4-5-6-17(26)30-12-31-18(27)11-24-20(19(14(3)25)21(24)28)13(2)22(29)32-16-9-7-15(23)8-10-16/h7-10,13-14,19-20,25H,4-6,11-12H2,1-3H3/t13?,14?,19?,20-/m1/s1. The number of thioether (sulfide) groups is 1. The summed E-state index contributed by atoms with van der Waals surface area (Å²) in [5.41, 5.74) is 0. The van der Waals surface area contributed by atoms with E-state index in [2.05, 4.69) is 0 Å². The molecule has 176 valence electrons. The predicted octanol–water partition coefficient (Wildman–Crippen LogP) is 3.04. The number of benzene rings is 1. The van der Waals surface area contributed by atoms with Crippen molar-refractivity contribution in [3.05, 3.63) is 29.3 Å². The summed E-state index contributed by atoms with van der Waals surface area (Å²) in [5.74, 6) is -3.10. The molecular weight excluding hydrogens is 458 g/mol. The van der Waals surface area contributed by atoms with Crippen molar-refractivity contribution in [1.82, 2.24) is 4.90 Å². The number of carbonyl (C=O) groups excluding carboxylic acids is 4. The Morgan fingerprint density at radius 1 is 1.16 bits per heavy atom. The first kappa shape index (κ1) is 26.2. The fraction of sp³-hybridized carbons (Fsp3) is 0.545. The minimum atomic E-state index is -0.977. The number of hydrogen-bond donors (Lipinski definition) is 1. The SMILES string of the molecule is CCCCC(=O)OCOC(=O)CN1C(=O)C(C(C)O)[C@H]1C(C)C(=O)Sc1ccc(Cl)cc1. The summed E-state index contributed by atoms with van der Waals surface area (Å²) in [7, 11) is 0. The van der Waals surface area contributed by atoms with Gasteiger partial charge in [-0.05, 0) is 37.6 Å². The molecule has 1 saturated heterocycles. The third-order valence-corrected chi connectivity index (χ3v) is 6.54. The monoisotopic (exact) mass is 485 g/mol. The van der Waals surface area contributed by atoms with E-state index >= 15 is 0 Å². The second-order valence-corrected chi connectivity index (χ2v) is 9.16. The lowest BCUT2D eigenvalue weighted by Gasteiger charge is -2.50. The molecule has 1 aliphatic rings. The van der Waals surface area contributed by atoms with Gasteiger partial charge in [-0.2, -0.15) is 0 Å². The number of aliphatic hydroxyl groups is 1. The Bertz CT molecular complexity index is 830. The number of aliphatic hydroxyl groups excluding tert-OH is 1. The molecule has 0 saturated carbocycles. The maximum absolute atomic E-state index is 12.8. The average Bonchev–Trinajstić information content (AvgIpc) is 2.74. The number of β-lactam (4-membered cyclic amide) rings is 1. The van der Waals surface area contributed by atoms with E-state index in [4.69, 9.17) is 21.1 Å². The van der Waals surface area contributed by atoms with Crippen LogP contribution in [0.4, 0.5) is 0 Å². The van der Waals surface area contributed by atoms with Gasteiger partial charge in [-0.25, -0.2) is 0 Å². The largest absolute Gasteiger partial charge is 0.428 e. The molecular formula is C22H28ClNO7S. The molecule has 1 N–H and O–H groups in total. The van der Waals surface area contributed by atoms with Gasteiger partial charge in [0, 0.05) is 22.3 Å². The van der Waals surface area contributed by atoms with Crippen molar-refractivity contribution in [2.45, 2.75) is 57.1 Å². The second kappa shape index (κ2) is 12.2. The van der Waals surface area contributed by atoms with Crippen LogP contribution in [0.25, 0.3) is 0 Å². The Hall–Kier alpha value is -2.10. The van der Waals surface area contributed by atoms with E-state index in [1.165, 1.54) is 11.8 Å². The lowest BCUT2D eigenvalue weighted by Crippen LogP contribution is -2.68. The van der Waals surface area contributed by atoms with Gasteiger partial charge in [0.05, 0.1) is 18.1 Å². The number of ether oxygens (including phenoxy) is 2. The van der Waals surface area contributed by atoms with Gasteiger partial charge >= 0.3 is 11.9 Å². The van der Waals surface area contributed by atoms with Crippen molar-refractivity contribution in [3.63, 3.8) is 0 Å². The van der Waals surface area contributed by atoms with Crippen LogP contribution < -0.4 is 0 Å². The summed E-state index contributed by atoms with van der Waals surface area (Å²) in [4.78, 5) is 50.9. The Morgan fingerprint density at radius 2 is 1.78 bits per heavy atom. The predicted molar refractivity (Wildman–Crippen MR) is 119 cm³/mol. The van der Waals surface area contributed by atoms with Crippen LogP contribution in [0.5, 0.6) is 0 Å². The van der Waals surface area contributed by atoms with E-state index in [1.54, 1.807) is 31.2 Å². The van der Waals surface area contributed by atoms with Crippen LogP contribution in [0.15, 0.2) is 29.2 Å². The fourth-order valence-electron chi connectivity index (χ4n) is 3.44. The van der Waals surface area contributed by atoms with Gasteiger partial charge in [0.25, 0.3) is 0 Å². The van der Waals surface area contributed by atoms with E-state index in [-0.39, 0.29) is 11.5 Å². The van der Waals surface area contributed by atoms with Gasteiger partial charge in [0.15, 0.2) is 5.12 Å². The van der Waals surface area contributed by atoms with Crippen LogP contribution in [0, 0.1) is 11.8 Å². The fourth-order valence-corrected chi connectivity index (χ4v) is 4.40. The van der Waals surface area contributed by atoms with Gasteiger partial charge < -0.3 is 19.5 Å². The zero-order valence-corrected chi connectivity index (χ0v) is 19.9. The van der Waals surface area contributed by atoms with Crippen molar-refractivity contribution in [3.8, 4) is 0 Å². The van der Waals surface area contributed by atoms with E-state index in [9.17, 15) is 24.3 Å². The zero-order valence-electron chi connectivity index (χ0n) is 18.3. The number of rotatable bonds is 11. The third kappa shape index (κ3) is 6.95. The molecule has 0 bridgehead atoms. The molecule has 1 aromatic carbocycles. The minimum absolute atomic E-state index is 0.210. The smallest absolute Gasteiger partial charge is 0.328 e. The molecule has 0 aromatic heterocycles. The molecule has 1 heterocycles. The molecule has 1 aromatic rings. The molecule has 1 fully saturated rings. The molecule has 3 unspecified atom stereocenters. The van der Waals surface area contributed by atoms with E-state index in [1.807, 2.05) is 6.92 Å². The number of hydrogen-bond acceptors (Lipinski definition) is 8. The summed E-state index contributed by atoms with van der Waals surface area (Å²) in [6, 6.07) is 6.11. The second-order valence-electron chi connectivity index (χ2n) is 7.64. The molecule has 2 rings (SSSR count). The summed E-state index contributed by atoms with van der Waals surface area (Å²) in [5, 5.41) is 10.4. The topological polar surface area (TPSA) is 110 Å². The molecule has 8 nitrogen and oxygen atoms in total. The van der Waals surface area contributed by atoms with Crippen molar-refractivity contribution in [2.24, 2.45) is 11.8 Å².